The molecular formula is C42H32N2. The maximum absolute atomic E-state index is 2.38. The lowest BCUT2D eigenvalue weighted by atomic mass is 9.93. The molecular weight excluding hydrogens is 532 g/mol. The molecule has 0 N–H and O–H groups in total. The zero-order valence-electron chi connectivity index (χ0n) is 24.5. The van der Waals surface area contributed by atoms with Crippen LogP contribution in [0.2, 0.25) is 0 Å². The molecule has 2 nitrogen and oxygen atoms in total. The number of fused-ring (bicyclic) bond motifs is 3. The van der Waals surface area contributed by atoms with Crippen LogP contribution in [0.25, 0.3) is 44.2 Å². The molecule has 0 unspecified atom stereocenters. The maximum Gasteiger partial charge on any atom is 0.0547 e. The summed E-state index contributed by atoms with van der Waals surface area (Å²) in [6.45, 7) is 0. The van der Waals surface area contributed by atoms with Crippen molar-refractivity contribution in [1.29, 1.82) is 0 Å². The maximum atomic E-state index is 2.38. The molecule has 0 aliphatic heterocycles. The van der Waals surface area contributed by atoms with E-state index in [0.29, 0.717) is 0 Å². The number of hydrogen-bond acceptors (Lipinski definition) is 1. The Labute approximate surface area is 258 Å². The summed E-state index contributed by atoms with van der Waals surface area (Å²) < 4.78 is 2.38. The van der Waals surface area contributed by atoms with E-state index in [4.69, 9.17) is 0 Å². The highest BCUT2D eigenvalue weighted by molar-refractivity contribution is 6.10. The smallest absolute Gasteiger partial charge is 0.0547 e. The van der Waals surface area contributed by atoms with Gasteiger partial charge in [-0.2, -0.15) is 0 Å². The molecule has 2 heteroatoms. The van der Waals surface area contributed by atoms with Crippen LogP contribution in [-0.2, 0) is 0 Å². The third-order valence-electron chi connectivity index (χ3n) is 8.65. The van der Waals surface area contributed by atoms with Crippen LogP contribution < -0.4 is 4.90 Å². The molecule has 0 spiro atoms. The number of allylic oxidation sites excluding steroid dienone is 3. The van der Waals surface area contributed by atoms with Gasteiger partial charge in [-0.1, -0.05) is 115 Å². The first kappa shape index (κ1) is 26.1. The lowest BCUT2D eigenvalue weighted by Gasteiger charge is -2.29. The van der Waals surface area contributed by atoms with Gasteiger partial charge in [-0.05, 0) is 89.7 Å². The Bertz CT molecular complexity index is 2100. The Hall–Kier alpha value is -5.60. The molecule has 7 aromatic rings. The van der Waals surface area contributed by atoms with Gasteiger partial charge in [0.15, 0.2) is 0 Å². The Morgan fingerprint density at radius 1 is 0.477 bits per heavy atom. The molecule has 0 atom stereocenters. The molecule has 0 saturated heterocycles. The fourth-order valence-corrected chi connectivity index (χ4v) is 6.55. The van der Waals surface area contributed by atoms with E-state index in [2.05, 4.69) is 179 Å². The van der Waals surface area contributed by atoms with E-state index in [1.54, 1.807) is 0 Å². The van der Waals surface area contributed by atoms with Gasteiger partial charge in [-0.15, -0.1) is 0 Å². The second kappa shape index (κ2) is 11.2. The molecule has 1 aromatic heterocycles. The quantitative estimate of drug-likeness (QED) is 0.195. The van der Waals surface area contributed by atoms with Crippen molar-refractivity contribution in [3.63, 3.8) is 0 Å². The Kier molecular flexibility index (Phi) is 6.66. The first-order chi connectivity index (χ1) is 21.8. The van der Waals surface area contributed by atoms with Crippen molar-refractivity contribution < 1.29 is 0 Å². The number of nitrogens with zero attached hydrogens (tertiary/aromatic N) is 2. The number of hydrogen-bond donors (Lipinski definition) is 0. The number of para-hydroxylation sites is 4. The lowest BCUT2D eigenvalue weighted by molar-refractivity contribution is 1.01. The molecule has 0 fully saturated rings. The third kappa shape index (κ3) is 4.71. The van der Waals surface area contributed by atoms with Gasteiger partial charge in [0.05, 0.1) is 11.0 Å². The summed E-state index contributed by atoms with van der Waals surface area (Å²) in [5.74, 6) is 0. The lowest BCUT2D eigenvalue weighted by Crippen LogP contribution is -2.16. The molecule has 0 saturated carbocycles. The molecule has 0 amide bonds. The number of aromatic nitrogens is 1. The molecule has 1 heterocycles. The molecule has 1 aliphatic rings. The van der Waals surface area contributed by atoms with Crippen molar-refractivity contribution in [3.05, 3.63) is 181 Å². The van der Waals surface area contributed by atoms with E-state index in [9.17, 15) is 0 Å². The van der Waals surface area contributed by atoms with Gasteiger partial charge in [0.1, 0.15) is 0 Å². The molecule has 210 valence electrons. The van der Waals surface area contributed by atoms with Crippen molar-refractivity contribution >= 4 is 38.8 Å². The molecule has 0 bridgehead atoms. The van der Waals surface area contributed by atoms with Gasteiger partial charge < -0.3 is 9.47 Å². The minimum Gasteiger partial charge on any atom is -0.311 e. The zero-order valence-corrected chi connectivity index (χ0v) is 24.5. The summed E-state index contributed by atoms with van der Waals surface area (Å²) in [5, 5.41) is 2.55. The average molecular weight is 565 g/mol. The molecule has 6 aromatic carbocycles. The van der Waals surface area contributed by atoms with Crippen molar-refractivity contribution in [1.82, 2.24) is 4.57 Å². The highest BCUT2D eigenvalue weighted by atomic mass is 15.1. The van der Waals surface area contributed by atoms with Crippen LogP contribution in [0, 0.1) is 0 Å². The SMILES string of the molecule is C1=C(c2ccc(-c3ccc4c5ccccc5n(-c5ccccc5)c4c3)cc2)CCC=C1N(c1ccccc1)c1ccccc1. The third-order valence-corrected chi connectivity index (χ3v) is 8.65. The summed E-state index contributed by atoms with van der Waals surface area (Å²) in [7, 11) is 0. The van der Waals surface area contributed by atoms with Crippen LogP contribution in [0.5, 0.6) is 0 Å². The normalized spacial score (nSPS) is 13.1. The van der Waals surface area contributed by atoms with Crippen molar-refractivity contribution in [2.45, 2.75) is 12.8 Å². The Morgan fingerprint density at radius 2 is 1.05 bits per heavy atom. The van der Waals surface area contributed by atoms with Crippen LogP contribution in [-0.4, -0.2) is 4.57 Å². The number of anilines is 2. The van der Waals surface area contributed by atoms with Crippen LogP contribution in [0.15, 0.2) is 176 Å². The topological polar surface area (TPSA) is 8.17 Å². The standard InChI is InChI=1S/C42H32N2/c1-4-14-35(15-5-1)43(36-16-6-2-7-17-36)38-20-12-13-33(29-38)31-23-25-32(26-24-31)34-27-28-40-39-21-10-11-22-41(39)44(42(40)30-34)37-18-8-3-9-19-37/h1-11,14-30H,12-13H2. The van der Waals surface area contributed by atoms with Crippen molar-refractivity contribution in [2.24, 2.45) is 0 Å². The monoisotopic (exact) mass is 564 g/mol. The van der Waals surface area contributed by atoms with E-state index in [1.165, 1.54) is 66.8 Å². The highest BCUT2D eigenvalue weighted by Crippen LogP contribution is 2.37. The van der Waals surface area contributed by atoms with E-state index in [-0.39, 0.29) is 0 Å². The summed E-state index contributed by atoms with van der Waals surface area (Å²) in [4.78, 5) is 2.36. The molecule has 0 radical (unpaired) electrons. The Balaban J connectivity index is 1.15. The minimum absolute atomic E-state index is 1.01. The number of benzene rings is 6. The van der Waals surface area contributed by atoms with Gasteiger partial charge in [0.2, 0.25) is 0 Å². The van der Waals surface area contributed by atoms with E-state index in [0.717, 1.165) is 12.8 Å². The van der Waals surface area contributed by atoms with Crippen molar-refractivity contribution in [2.75, 3.05) is 4.90 Å². The van der Waals surface area contributed by atoms with Gasteiger partial charge in [-0.3, -0.25) is 0 Å². The Morgan fingerprint density at radius 3 is 1.75 bits per heavy atom. The van der Waals surface area contributed by atoms with E-state index >= 15 is 0 Å². The van der Waals surface area contributed by atoms with Gasteiger partial charge >= 0.3 is 0 Å². The van der Waals surface area contributed by atoms with Crippen molar-refractivity contribution in [3.8, 4) is 16.8 Å². The number of rotatable bonds is 6. The van der Waals surface area contributed by atoms with Gasteiger partial charge in [-0.25, -0.2) is 0 Å². The van der Waals surface area contributed by atoms with E-state index < -0.39 is 0 Å². The summed E-state index contributed by atoms with van der Waals surface area (Å²) >= 11 is 0. The average Bonchev–Trinajstić information content (AvgIpc) is 3.44. The fourth-order valence-electron chi connectivity index (χ4n) is 6.55. The first-order valence-corrected chi connectivity index (χ1v) is 15.3. The molecule has 1 aliphatic carbocycles. The fraction of sp³-hybridized carbons (Fsp3) is 0.0476. The van der Waals surface area contributed by atoms with Crippen LogP contribution in [0.4, 0.5) is 11.4 Å². The second-order valence-corrected chi connectivity index (χ2v) is 11.3. The second-order valence-electron chi connectivity index (χ2n) is 11.3. The highest BCUT2D eigenvalue weighted by Gasteiger charge is 2.17. The van der Waals surface area contributed by atoms with Crippen LogP contribution >= 0.6 is 0 Å². The predicted molar refractivity (Wildman–Crippen MR) is 187 cm³/mol. The minimum atomic E-state index is 1.01. The molecule has 8 rings (SSSR count). The summed E-state index contributed by atoms with van der Waals surface area (Å²) in [6.07, 6.45) is 6.77. The van der Waals surface area contributed by atoms with Crippen LogP contribution in [0.3, 0.4) is 0 Å². The van der Waals surface area contributed by atoms with Gasteiger partial charge in [0, 0.05) is 33.5 Å². The predicted octanol–water partition coefficient (Wildman–Crippen LogP) is 11.4. The van der Waals surface area contributed by atoms with Gasteiger partial charge in [0.25, 0.3) is 0 Å². The van der Waals surface area contributed by atoms with E-state index in [1.807, 2.05) is 0 Å². The zero-order chi connectivity index (χ0) is 29.3. The largest absolute Gasteiger partial charge is 0.311 e. The molecule has 44 heavy (non-hydrogen) atoms. The first-order valence-electron chi connectivity index (χ1n) is 15.3. The summed E-state index contributed by atoms with van der Waals surface area (Å²) in [6, 6.07) is 56.7. The van der Waals surface area contributed by atoms with Crippen LogP contribution in [0.1, 0.15) is 18.4 Å². The summed E-state index contributed by atoms with van der Waals surface area (Å²) in [5.41, 5.74) is 12.3.